The molecule has 4 heterocycles. The highest BCUT2D eigenvalue weighted by molar-refractivity contribution is 5.88. The number of halogens is 1. The highest BCUT2D eigenvalue weighted by atomic mass is 19.1. The number of ether oxygens (including phenoxy) is 1. The van der Waals surface area contributed by atoms with Crippen molar-refractivity contribution in [3.05, 3.63) is 35.8 Å². The van der Waals surface area contributed by atoms with Gasteiger partial charge in [-0.3, -0.25) is 10.00 Å². The summed E-state index contributed by atoms with van der Waals surface area (Å²) in [4.78, 5) is 9.64. The first-order valence-electron chi connectivity index (χ1n) is 11.8. The van der Waals surface area contributed by atoms with Crippen LogP contribution in [0, 0.1) is 24.7 Å². The molecule has 33 heavy (non-hydrogen) atoms. The van der Waals surface area contributed by atoms with E-state index in [0.717, 1.165) is 68.5 Å². The zero-order valence-corrected chi connectivity index (χ0v) is 19.4. The van der Waals surface area contributed by atoms with Crippen molar-refractivity contribution in [2.75, 3.05) is 37.7 Å². The first-order chi connectivity index (χ1) is 15.9. The summed E-state index contributed by atoms with van der Waals surface area (Å²) in [5, 5.41) is 17.7. The molecule has 2 atom stereocenters. The van der Waals surface area contributed by atoms with E-state index < -0.39 is 5.82 Å². The molecule has 1 radical (unpaired) electrons. The molecule has 8 heteroatoms. The standard InChI is InChI=1S/C25H31FN5O2/c1-15-13-31(16(2)12-30(15)14-18-6-8-33-9-7-18)23-11-21-17(3)28-29-25(21)27-24(23)20-5-4-19(32)10-22(20)26/h4-5,10,15-16,18,32H,6-9,12-14H2,1-3H3,(H,27,28,29)/t15-,16+/m1/s1. The van der Waals surface area contributed by atoms with Gasteiger partial charge in [-0.05, 0) is 51.7 Å². The van der Waals surface area contributed by atoms with E-state index in [1.165, 1.54) is 6.07 Å². The van der Waals surface area contributed by atoms with Crippen molar-refractivity contribution < 1.29 is 14.2 Å². The molecule has 0 saturated carbocycles. The lowest BCUT2D eigenvalue weighted by atomic mass is 9.97. The minimum Gasteiger partial charge on any atom is -0.508 e. The number of phenolic OH excluding ortho intramolecular Hbond substituents is 1. The van der Waals surface area contributed by atoms with Crippen molar-refractivity contribution in [2.45, 2.75) is 45.7 Å². The number of fused-ring (bicyclic) bond motifs is 1. The Hall–Kier alpha value is -2.71. The largest absolute Gasteiger partial charge is 0.508 e. The minimum absolute atomic E-state index is 0.107. The van der Waals surface area contributed by atoms with Crippen molar-refractivity contribution >= 4 is 16.7 Å². The number of H-pyrrole nitrogens is 1. The maximum atomic E-state index is 14.9. The van der Waals surface area contributed by atoms with Crippen molar-refractivity contribution in [1.82, 2.24) is 20.1 Å². The predicted molar refractivity (Wildman–Crippen MR) is 126 cm³/mol. The fourth-order valence-corrected chi connectivity index (χ4v) is 5.11. The van der Waals surface area contributed by atoms with Crippen LogP contribution in [0.1, 0.15) is 32.4 Å². The highest BCUT2D eigenvalue weighted by Gasteiger charge is 2.33. The average molecular weight is 453 g/mol. The fraction of sp³-hybridized carbons (Fsp3) is 0.520. The number of pyridine rings is 1. The summed E-state index contributed by atoms with van der Waals surface area (Å²) in [6, 6.07) is 8.26. The topological polar surface area (TPSA) is 77.5 Å². The van der Waals surface area contributed by atoms with Crippen LogP contribution in [-0.2, 0) is 4.74 Å². The second kappa shape index (κ2) is 8.91. The van der Waals surface area contributed by atoms with E-state index in [9.17, 15) is 9.50 Å². The minimum atomic E-state index is -0.508. The van der Waals surface area contributed by atoms with Crippen LogP contribution >= 0.6 is 0 Å². The number of hydrogen-bond donors (Lipinski definition) is 2. The second-order valence-electron chi connectivity index (χ2n) is 9.49. The third-order valence-electron chi connectivity index (χ3n) is 7.06. The summed E-state index contributed by atoms with van der Waals surface area (Å²) in [7, 11) is 0. The van der Waals surface area contributed by atoms with Gasteiger partial charge in [-0.2, -0.15) is 5.10 Å². The van der Waals surface area contributed by atoms with E-state index in [-0.39, 0.29) is 11.8 Å². The number of nitrogens with zero attached hydrogens (tertiary/aromatic N) is 4. The molecule has 2 saturated heterocycles. The van der Waals surface area contributed by atoms with Crippen LogP contribution in [0.2, 0.25) is 0 Å². The Kier molecular flexibility index (Phi) is 5.97. The van der Waals surface area contributed by atoms with Gasteiger partial charge in [0.05, 0.1) is 22.5 Å². The van der Waals surface area contributed by atoms with Gasteiger partial charge in [0.25, 0.3) is 0 Å². The number of aromatic hydroxyl groups is 1. The van der Waals surface area contributed by atoms with Gasteiger partial charge in [-0.15, -0.1) is 0 Å². The number of piperazine rings is 1. The third-order valence-corrected chi connectivity index (χ3v) is 7.06. The zero-order chi connectivity index (χ0) is 23.1. The molecule has 0 spiro atoms. The summed E-state index contributed by atoms with van der Waals surface area (Å²) in [5.74, 6) is 0.0651. The van der Waals surface area contributed by atoms with Crippen LogP contribution in [0.5, 0.6) is 5.75 Å². The number of phenols is 1. The molecule has 7 nitrogen and oxygen atoms in total. The maximum absolute atomic E-state index is 14.9. The zero-order valence-electron chi connectivity index (χ0n) is 19.4. The molecule has 1 aromatic carbocycles. The summed E-state index contributed by atoms with van der Waals surface area (Å²) >= 11 is 0. The molecule has 2 aliphatic heterocycles. The molecule has 175 valence electrons. The Labute approximate surface area is 193 Å². The molecular weight excluding hydrogens is 421 g/mol. The molecule has 0 amide bonds. The number of hydrogen-bond acceptors (Lipinski definition) is 6. The number of aromatic amines is 1. The number of aryl methyl sites for hydroxylation is 1. The van der Waals surface area contributed by atoms with Gasteiger partial charge >= 0.3 is 0 Å². The van der Waals surface area contributed by atoms with E-state index in [0.29, 0.717) is 28.9 Å². The van der Waals surface area contributed by atoms with Crippen molar-refractivity contribution in [2.24, 2.45) is 5.92 Å². The Morgan fingerprint density at radius 3 is 2.76 bits per heavy atom. The van der Waals surface area contributed by atoms with Gasteiger partial charge in [0, 0.05) is 62.6 Å². The summed E-state index contributed by atoms with van der Waals surface area (Å²) in [6.07, 6.45) is 2.25. The first kappa shape index (κ1) is 22.1. The number of benzene rings is 1. The molecule has 2 aliphatic rings. The Morgan fingerprint density at radius 2 is 2.00 bits per heavy atom. The molecular formula is C25H31FN5O2. The van der Waals surface area contributed by atoms with Crippen molar-refractivity contribution in [3.8, 4) is 17.0 Å². The number of rotatable bonds is 4. The lowest BCUT2D eigenvalue weighted by Crippen LogP contribution is -2.57. The lowest BCUT2D eigenvalue weighted by Gasteiger charge is -2.46. The van der Waals surface area contributed by atoms with E-state index in [1.54, 1.807) is 6.07 Å². The van der Waals surface area contributed by atoms with Crippen LogP contribution in [0.3, 0.4) is 0 Å². The van der Waals surface area contributed by atoms with Crippen LogP contribution in [0.25, 0.3) is 22.3 Å². The molecule has 0 unspecified atom stereocenters. The monoisotopic (exact) mass is 452 g/mol. The van der Waals surface area contributed by atoms with Gasteiger partial charge < -0.3 is 14.7 Å². The lowest BCUT2D eigenvalue weighted by molar-refractivity contribution is 0.0419. The molecule has 0 bridgehead atoms. The summed E-state index contributed by atoms with van der Waals surface area (Å²) in [6.45, 7) is 10.9. The normalized spacial score (nSPS) is 22.8. The van der Waals surface area contributed by atoms with Crippen LogP contribution in [-0.4, -0.2) is 70.1 Å². The van der Waals surface area contributed by atoms with E-state index in [1.807, 2.05) is 6.92 Å². The second-order valence-corrected chi connectivity index (χ2v) is 9.49. The number of aromatic nitrogens is 3. The van der Waals surface area contributed by atoms with Crippen LogP contribution in [0.15, 0.2) is 18.2 Å². The van der Waals surface area contributed by atoms with Crippen molar-refractivity contribution in [3.63, 3.8) is 0 Å². The smallest absolute Gasteiger partial charge is 0.156 e. The molecule has 2 fully saturated rings. The highest BCUT2D eigenvalue weighted by Crippen LogP contribution is 2.37. The molecule has 3 aromatic rings. The third kappa shape index (κ3) is 4.29. The Morgan fingerprint density at radius 1 is 1.21 bits per heavy atom. The van der Waals surface area contributed by atoms with Crippen molar-refractivity contribution in [1.29, 1.82) is 0 Å². The molecule has 0 aliphatic carbocycles. The molecule has 5 rings (SSSR count). The van der Waals surface area contributed by atoms with E-state index in [2.05, 4.69) is 39.9 Å². The van der Waals surface area contributed by atoms with Crippen LogP contribution < -0.4 is 4.90 Å². The van der Waals surface area contributed by atoms with Gasteiger partial charge in [0.2, 0.25) is 0 Å². The number of nitrogens with one attached hydrogen (secondary N) is 1. The molecule has 2 N–H and O–H groups in total. The van der Waals surface area contributed by atoms with Gasteiger partial charge in [0.15, 0.2) is 5.65 Å². The van der Waals surface area contributed by atoms with Gasteiger partial charge in [-0.25, -0.2) is 9.37 Å². The van der Waals surface area contributed by atoms with Gasteiger partial charge in [0.1, 0.15) is 11.6 Å². The van der Waals surface area contributed by atoms with Gasteiger partial charge in [-0.1, -0.05) is 0 Å². The Bertz CT molecular complexity index is 1140. The summed E-state index contributed by atoms with van der Waals surface area (Å²) < 4.78 is 20.4. The maximum Gasteiger partial charge on any atom is 0.156 e. The van der Waals surface area contributed by atoms with E-state index in [4.69, 9.17) is 9.72 Å². The molecule has 2 aromatic heterocycles. The fourth-order valence-electron chi connectivity index (χ4n) is 5.11. The number of anilines is 1. The SMILES string of the molecule is Cc1n[nH]c2nc(-c3ccc(O)cc3F)c(N3C[C@@H](C)N(CC4CCOCC4)C[C@@H]3C)[c]c12. The average Bonchev–Trinajstić information content (AvgIpc) is 3.16. The predicted octanol–water partition coefficient (Wildman–Crippen LogP) is 3.90. The Balaban J connectivity index is 1.50. The van der Waals surface area contributed by atoms with E-state index >= 15 is 0 Å². The van der Waals surface area contributed by atoms with Crippen LogP contribution in [0.4, 0.5) is 10.1 Å². The first-order valence-corrected chi connectivity index (χ1v) is 11.8. The quantitative estimate of drug-likeness (QED) is 0.625. The summed E-state index contributed by atoms with van der Waals surface area (Å²) in [5.41, 5.74) is 3.04.